The van der Waals surface area contributed by atoms with Crippen LogP contribution >= 0.6 is 11.3 Å². The van der Waals surface area contributed by atoms with Crippen molar-refractivity contribution in [1.82, 2.24) is 20.5 Å². The van der Waals surface area contributed by atoms with Crippen molar-refractivity contribution >= 4 is 17.3 Å². The van der Waals surface area contributed by atoms with Gasteiger partial charge in [0.2, 0.25) is 0 Å². The van der Waals surface area contributed by atoms with Gasteiger partial charge in [0.15, 0.2) is 5.96 Å². The highest BCUT2D eigenvalue weighted by atomic mass is 32.1. The minimum absolute atomic E-state index is 0.228. The first-order valence-corrected chi connectivity index (χ1v) is 9.01. The smallest absolute Gasteiger partial charge is 0.191 e. The van der Waals surface area contributed by atoms with Crippen molar-refractivity contribution < 1.29 is 4.74 Å². The average molecular weight is 362 g/mol. The van der Waals surface area contributed by atoms with E-state index in [-0.39, 0.29) is 6.04 Å². The summed E-state index contributed by atoms with van der Waals surface area (Å²) in [6.45, 7) is 3.48. The molecule has 6 nitrogen and oxygen atoms in total. The highest BCUT2D eigenvalue weighted by molar-refractivity contribution is 7.11. The lowest BCUT2D eigenvalue weighted by Crippen LogP contribution is -2.41. The molecule has 2 rings (SSSR count). The maximum Gasteiger partial charge on any atom is 0.191 e. The zero-order valence-electron chi connectivity index (χ0n) is 15.5. The van der Waals surface area contributed by atoms with Gasteiger partial charge in [0.25, 0.3) is 0 Å². The van der Waals surface area contributed by atoms with Crippen LogP contribution in [-0.4, -0.2) is 50.6 Å². The molecule has 0 saturated heterocycles. The highest BCUT2D eigenvalue weighted by Crippen LogP contribution is 2.20. The van der Waals surface area contributed by atoms with Gasteiger partial charge in [-0.25, -0.2) is 4.98 Å². The van der Waals surface area contributed by atoms with Crippen LogP contribution in [0.25, 0.3) is 0 Å². The highest BCUT2D eigenvalue weighted by Gasteiger charge is 2.15. The third kappa shape index (κ3) is 5.72. The lowest BCUT2D eigenvalue weighted by Gasteiger charge is -2.26. The summed E-state index contributed by atoms with van der Waals surface area (Å²) in [5.74, 6) is 1.64. The standard InChI is InChI=1S/C18H27N5OS/c1-13-10-20-17(25-13)12-22-18(19-2)21-11-16(23(3)4)14-6-8-15(24-5)9-7-14/h6-10,16H,11-12H2,1-5H3,(H2,19,21,22). The van der Waals surface area contributed by atoms with Crippen LogP contribution in [-0.2, 0) is 6.54 Å². The van der Waals surface area contributed by atoms with Crippen LogP contribution in [0.2, 0.25) is 0 Å². The molecule has 0 fully saturated rings. The van der Waals surface area contributed by atoms with Gasteiger partial charge < -0.3 is 20.3 Å². The molecule has 1 heterocycles. The molecule has 1 atom stereocenters. The number of hydrogen-bond acceptors (Lipinski definition) is 5. The molecule has 2 N–H and O–H groups in total. The van der Waals surface area contributed by atoms with Gasteiger partial charge in [-0.3, -0.25) is 4.99 Å². The predicted octanol–water partition coefficient (Wildman–Crippen LogP) is 2.43. The Bertz CT molecular complexity index is 681. The third-order valence-corrected chi connectivity index (χ3v) is 4.80. The number of thiazole rings is 1. The van der Waals surface area contributed by atoms with E-state index in [1.165, 1.54) is 10.4 Å². The fraction of sp³-hybridized carbons (Fsp3) is 0.444. The summed E-state index contributed by atoms with van der Waals surface area (Å²) in [5, 5.41) is 7.76. The SMILES string of the molecule is CN=C(NCc1ncc(C)s1)NCC(c1ccc(OC)cc1)N(C)C. The molecule has 2 aromatic rings. The van der Waals surface area contributed by atoms with Crippen LogP contribution in [0.5, 0.6) is 5.75 Å². The fourth-order valence-corrected chi connectivity index (χ4v) is 3.21. The average Bonchev–Trinajstić information content (AvgIpc) is 3.03. The number of aryl methyl sites for hydroxylation is 1. The van der Waals surface area contributed by atoms with Crippen LogP contribution in [0.4, 0.5) is 0 Å². The van der Waals surface area contributed by atoms with Crippen molar-refractivity contribution in [3.63, 3.8) is 0 Å². The van der Waals surface area contributed by atoms with Crippen molar-refractivity contribution in [3.8, 4) is 5.75 Å². The molecular formula is C18H27N5OS. The molecule has 1 unspecified atom stereocenters. The fourth-order valence-electron chi connectivity index (χ4n) is 2.48. The maximum atomic E-state index is 5.24. The first kappa shape index (κ1) is 19.2. The topological polar surface area (TPSA) is 61.8 Å². The molecule has 0 radical (unpaired) electrons. The van der Waals surface area contributed by atoms with Gasteiger partial charge in [0, 0.05) is 24.7 Å². The Labute approximate surface area is 154 Å². The number of rotatable bonds is 7. The number of nitrogens with one attached hydrogen (secondary N) is 2. The Balaban J connectivity index is 1.93. The molecule has 7 heteroatoms. The third-order valence-electron chi connectivity index (χ3n) is 3.89. The summed E-state index contributed by atoms with van der Waals surface area (Å²) >= 11 is 1.69. The molecule has 0 spiro atoms. The van der Waals surface area contributed by atoms with E-state index in [9.17, 15) is 0 Å². The van der Waals surface area contributed by atoms with E-state index < -0.39 is 0 Å². The molecular weight excluding hydrogens is 334 g/mol. The van der Waals surface area contributed by atoms with Crippen molar-refractivity contribution in [2.24, 2.45) is 4.99 Å². The van der Waals surface area contributed by atoms with Crippen molar-refractivity contribution in [2.45, 2.75) is 19.5 Å². The van der Waals surface area contributed by atoms with Gasteiger partial charge in [0.05, 0.1) is 19.7 Å². The number of aliphatic imine (C=N–C) groups is 1. The van der Waals surface area contributed by atoms with Crippen LogP contribution < -0.4 is 15.4 Å². The van der Waals surface area contributed by atoms with Crippen molar-refractivity contribution in [3.05, 3.63) is 45.9 Å². The Kier molecular flexibility index (Phi) is 7.21. The molecule has 0 amide bonds. The van der Waals surface area contributed by atoms with Gasteiger partial charge >= 0.3 is 0 Å². The Morgan fingerprint density at radius 1 is 1.28 bits per heavy atom. The second-order valence-electron chi connectivity index (χ2n) is 5.92. The zero-order chi connectivity index (χ0) is 18.2. The number of benzene rings is 1. The summed E-state index contributed by atoms with van der Waals surface area (Å²) in [5.41, 5.74) is 1.23. The Hall–Kier alpha value is -2.12. The minimum Gasteiger partial charge on any atom is -0.497 e. The summed E-state index contributed by atoms with van der Waals surface area (Å²) < 4.78 is 5.24. The van der Waals surface area contributed by atoms with Crippen LogP contribution in [0, 0.1) is 6.92 Å². The molecule has 0 saturated carbocycles. The van der Waals surface area contributed by atoms with Gasteiger partial charge in [0.1, 0.15) is 10.8 Å². The van der Waals surface area contributed by atoms with Gasteiger partial charge in [-0.2, -0.15) is 0 Å². The molecule has 0 aliphatic heterocycles. The monoisotopic (exact) mass is 361 g/mol. The van der Waals surface area contributed by atoms with E-state index in [1.807, 2.05) is 18.3 Å². The normalized spacial score (nSPS) is 13.0. The molecule has 0 bridgehead atoms. The maximum absolute atomic E-state index is 5.24. The minimum atomic E-state index is 0.228. The van der Waals surface area contributed by atoms with E-state index >= 15 is 0 Å². The lowest BCUT2D eigenvalue weighted by molar-refractivity contribution is 0.298. The van der Waals surface area contributed by atoms with Crippen molar-refractivity contribution in [2.75, 3.05) is 34.8 Å². The molecule has 0 aliphatic carbocycles. The Morgan fingerprint density at radius 3 is 2.52 bits per heavy atom. The number of likely N-dealkylation sites (N-methyl/N-ethyl adjacent to an activating group) is 1. The van der Waals surface area contributed by atoms with E-state index in [2.05, 4.69) is 58.7 Å². The number of aromatic nitrogens is 1. The number of ether oxygens (including phenoxy) is 1. The molecule has 25 heavy (non-hydrogen) atoms. The summed E-state index contributed by atoms with van der Waals surface area (Å²) in [6, 6.07) is 8.40. The zero-order valence-corrected chi connectivity index (χ0v) is 16.4. The van der Waals surface area contributed by atoms with Gasteiger partial charge in [-0.05, 0) is 38.7 Å². The summed E-state index contributed by atoms with van der Waals surface area (Å²) in [6.07, 6.45) is 1.89. The summed E-state index contributed by atoms with van der Waals surface area (Å²) in [4.78, 5) is 12.1. The van der Waals surface area contributed by atoms with E-state index in [4.69, 9.17) is 4.74 Å². The van der Waals surface area contributed by atoms with Gasteiger partial charge in [-0.1, -0.05) is 12.1 Å². The first-order chi connectivity index (χ1) is 12.0. The number of nitrogens with zero attached hydrogens (tertiary/aromatic N) is 3. The second kappa shape index (κ2) is 9.39. The van der Waals surface area contributed by atoms with E-state index in [0.717, 1.165) is 23.3 Å². The van der Waals surface area contributed by atoms with E-state index in [1.54, 1.807) is 25.5 Å². The summed E-state index contributed by atoms with van der Waals surface area (Å²) in [7, 11) is 7.61. The molecule has 1 aromatic heterocycles. The largest absolute Gasteiger partial charge is 0.497 e. The van der Waals surface area contributed by atoms with E-state index in [0.29, 0.717) is 6.54 Å². The van der Waals surface area contributed by atoms with Crippen molar-refractivity contribution in [1.29, 1.82) is 0 Å². The molecule has 0 aliphatic rings. The molecule has 136 valence electrons. The lowest BCUT2D eigenvalue weighted by atomic mass is 10.1. The van der Waals surface area contributed by atoms with Crippen LogP contribution in [0.3, 0.4) is 0 Å². The number of methoxy groups -OCH3 is 1. The predicted molar refractivity (Wildman–Crippen MR) is 104 cm³/mol. The first-order valence-electron chi connectivity index (χ1n) is 8.19. The quantitative estimate of drug-likeness (QED) is 0.586. The number of guanidine groups is 1. The van der Waals surface area contributed by atoms with Crippen LogP contribution in [0.15, 0.2) is 35.5 Å². The number of hydrogen-bond donors (Lipinski definition) is 2. The Morgan fingerprint density at radius 2 is 2.00 bits per heavy atom. The second-order valence-corrected chi connectivity index (χ2v) is 7.24. The van der Waals surface area contributed by atoms with Crippen LogP contribution in [0.1, 0.15) is 21.5 Å². The molecule has 1 aromatic carbocycles. The van der Waals surface area contributed by atoms with Gasteiger partial charge in [-0.15, -0.1) is 11.3 Å².